The maximum atomic E-state index is 12.7. The Labute approximate surface area is 134 Å². The Morgan fingerprint density at radius 3 is 2.48 bits per heavy atom. The van der Waals surface area contributed by atoms with E-state index in [4.69, 9.17) is 9.15 Å². The lowest BCUT2D eigenvalue weighted by molar-refractivity contribution is 0.241. The highest BCUT2D eigenvalue weighted by molar-refractivity contribution is 5.88. The summed E-state index contributed by atoms with van der Waals surface area (Å²) in [7, 11) is 0. The Balaban J connectivity index is 2.18. The molecule has 0 aliphatic carbocycles. The van der Waals surface area contributed by atoms with Gasteiger partial charge in [-0.1, -0.05) is 29.8 Å². The fraction of sp³-hybridized carbons (Fsp3) is 0.211. The van der Waals surface area contributed by atoms with Crippen LogP contribution in [0.4, 0.5) is 0 Å². The standard InChI is InChI=1S/C19H18O4/c1-11(2)23-14-8-16(20)18-17(9-14)22-10-15(19(18)21)13-6-4-12(3)5-7-13/h4-11,20H,1-3H3. The molecule has 0 aliphatic rings. The van der Waals surface area contributed by atoms with Crippen LogP contribution in [0.15, 0.2) is 51.9 Å². The molecule has 0 bridgehead atoms. The molecule has 23 heavy (non-hydrogen) atoms. The van der Waals surface area contributed by atoms with Gasteiger partial charge in [0.15, 0.2) is 0 Å². The third-order valence-corrected chi connectivity index (χ3v) is 3.56. The number of phenolic OH excluding ortho intramolecular Hbond substituents is 1. The first-order valence-corrected chi connectivity index (χ1v) is 7.48. The topological polar surface area (TPSA) is 59.7 Å². The molecule has 0 fully saturated rings. The van der Waals surface area contributed by atoms with Gasteiger partial charge in [-0.3, -0.25) is 4.79 Å². The lowest BCUT2D eigenvalue weighted by Gasteiger charge is -2.11. The molecule has 0 unspecified atom stereocenters. The number of aryl methyl sites for hydroxylation is 1. The number of ether oxygens (including phenoxy) is 1. The van der Waals surface area contributed by atoms with Crippen LogP contribution in [-0.2, 0) is 0 Å². The van der Waals surface area contributed by atoms with Crippen molar-refractivity contribution in [1.82, 2.24) is 0 Å². The summed E-state index contributed by atoms with van der Waals surface area (Å²) < 4.78 is 11.1. The molecular weight excluding hydrogens is 292 g/mol. The summed E-state index contributed by atoms with van der Waals surface area (Å²) in [6, 6.07) is 10.6. The Kier molecular flexibility index (Phi) is 3.82. The lowest BCUT2D eigenvalue weighted by atomic mass is 10.0. The van der Waals surface area contributed by atoms with E-state index in [9.17, 15) is 9.90 Å². The normalized spacial score (nSPS) is 11.1. The van der Waals surface area contributed by atoms with Crippen molar-refractivity contribution in [2.45, 2.75) is 26.9 Å². The Hall–Kier alpha value is -2.75. The molecule has 3 rings (SSSR count). The second kappa shape index (κ2) is 5.80. The summed E-state index contributed by atoms with van der Waals surface area (Å²) in [5, 5.41) is 10.4. The monoisotopic (exact) mass is 310 g/mol. The third-order valence-electron chi connectivity index (χ3n) is 3.56. The van der Waals surface area contributed by atoms with E-state index in [0.29, 0.717) is 16.9 Å². The molecule has 0 radical (unpaired) electrons. The molecule has 0 saturated heterocycles. The van der Waals surface area contributed by atoms with E-state index in [1.807, 2.05) is 45.0 Å². The quantitative estimate of drug-likeness (QED) is 0.785. The largest absolute Gasteiger partial charge is 0.507 e. The van der Waals surface area contributed by atoms with Gasteiger partial charge in [0.2, 0.25) is 5.43 Å². The van der Waals surface area contributed by atoms with Crippen LogP contribution in [0.2, 0.25) is 0 Å². The summed E-state index contributed by atoms with van der Waals surface area (Å²) in [5.74, 6) is 0.331. The summed E-state index contributed by atoms with van der Waals surface area (Å²) in [4.78, 5) is 12.7. The molecule has 1 N–H and O–H groups in total. The van der Waals surface area contributed by atoms with Crippen LogP contribution < -0.4 is 10.2 Å². The molecule has 0 atom stereocenters. The number of rotatable bonds is 3. The predicted molar refractivity (Wildman–Crippen MR) is 90.1 cm³/mol. The van der Waals surface area contributed by atoms with Crippen molar-refractivity contribution in [2.24, 2.45) is 0 Å². The van der Waals surface area contributed by atoms with Gasteiger partial charge >= 0.3 is 0 Å². The molecular formula is C19H18O4. The highest BCUT2D eigenvalue weighted by atomic mass is 16.5. The van der Waals surface area contributed by atoms with Gasteiger partial charge in [-0.25, -0.2) is 0 Å². The van der Waals surface area contributed by atoms with Crippen LogP contribution in [0, 0.1) is 6.92 Å². The van der Waals surface area contributed by atoms with Gasteiger partial charge in [0.25, 0.3) is 0 Å². The number of fused-ring (bicyclic) bond motifs is 1. The van der Waals surface area contributed by atoms with Gasteiger partial charge < -0.3 is 14.3 Å². The van der Waals surface area contributed by atoms with Crippen molar-refractivity contribution in [2.75, 3.05) is 0 Å². The van der Waals surface area contributed by atoms with Crippen molar-refractivity contribution in [3.05, 3.63) is 58.4 Å². The molecule has 1 heterocycles. The molecule has 4 heteroatoms. The summed E-state index contributed by atoms with van der Waals surface area (Å²) in [6.45, 7) is 5.75. The second-order valence-corrected chi connectivity index (χ2v) is 5.83. The molecule has 0 saturated carbocycles. The first kappa shape index (κ1) is 15.2. The van der Waals surface area contributed by atoms with Crippen LogP contribution in [0.3, 0.4) is 0 Å². The van der Waals surface area contributed by atoms with Crippen LogP contribution in [0.1, 0.15) is 19.4 Å². The smallest absolute Gasteiger partial charge is 0.204 e. The molecule has 2 aromatic carbocycles. The minimum Gasteiger partial charge on any atom is -0.507 e. The average Bonchev–Trinajstić information content (AvgIpc) is 2.47. The number of phenols is 1. The van der Waals surface area contributed by atoms with Crippen molar-refractivity contribution >= 4 is 11.0 Å². The zero-order valence-corrected chi connectivity index (χ0v) is 13.3. The maximum absolute atomic E-state index is 12.7. The van der Waals surface area contributed by atoms with Crippen molar-refractivity contribution in [3.63, 3.8) is 0 Å². The fourth-order valence-corrected chi connectivity index (χ4v) is 2.48. The van der Waals surface area contributed by atoms with E-state index in [0.717, 1.165) is 11.1 Å². The molecule has 3 aromatic rings. The molecule has 118 valence electrons. The zero-order valence-electron chi connectivity index (χ0n) is 13.3. The third kappa shape index (κ3) is 2.93. The lowest BCUT2D eigenvalue weighted by Crippen LogP contribution is -2.07. The molecule has 0 amide bonds. The van der Waals surface area contributed by atoms with Crippen LogP contribution in [-0.4, -0.2) is 11.2 Å². The minimum absolute atomic E-state index is 0.0367. The highest BCUT2D eigenvalue weighted by Crippen LogP contribution is 2.30. The van der Waals surface area contributed by atoms with Crippen molar-refractivity contribution in [3.8, 4) is 22.6 Å². The van der Waals surface area contributed by atoms with Gasteiger partial charge in [0.05, 0.1) is 11.7 Å². The predicted octanol–water partition coefficient (Wildman–Crippen LogP) is 4.26. The summed E-state index contributed by atoms with van der Waals surface area (Å²) in [6.07, 6.45) is 1.39. The molecule has 1 aromatic heterocycles. The van der Waals surface area contributed by atoms with Gasteiger partial charge in [-0.2, -0.15) is 0 Å². The Morgan fingerprint density at radius 2 is 1.83 bits per heavy atom. The minimum atomic E-state index is -0.260. The number of aromatic hydroxyl groups is 1. The molecule has 4 nitrogen and oxygen atoms in total. The van der Waals surface area contributed by atoms with Crippen LogP contribution >= 0.6 is 0 Å². The van der Waals surface area contributed by atoms with Gasteiger partial charge in [-0.15, -0.1) is 0 Å². The van der Waals surface area contributed by atoms with Crippen LogP contribution in [0.25, 0.3) is 22.1 Å². The Bertz CT molecular complexity index is 905. The van der Waals surface area contributed by atoms with E-state index in [1.165, 1.54) is 12.3 Å². The number of hydrogen-bond acceptors (Lipinski definition) is 4. The van der Waals surface area contributed by atoms with E-state index < -0.39 is 0 Å². The Morgan fingerprint density at radius 1 is 1.13 bits per heavy atom. The van der Waals surface area contributed by atoms with E-state index in [1.54, 1.807) is 6.07 Å². The van der Waals surface area contributed by atoms with E-state index in [-0.39, 0.29) is 22.7 Å². The van der Waals surface area contributed by atoms with E-state index in [2.05, 4.69) is 0 Å². The van der Waals surface area contributed by atoms with E-state index >= 15 is 0 Å². The van der Waals surface area contributed by atoms with Gasteiger partial charge in [-0.05, 0) is 26.3 Å². The summed E-state index contributed by atoms with van der Waals surface area (Å²) in [5.41, 5.74) is 2.33. The van der Waals surface area contributed by atoms with Gasteiger partial charge in [0.1, 0.15) is 28.7 Å². The van der Waals surface area contributed by atoms with Crippen molar-refractivity contribution in [1.29, 1.82) is 0 Å². The van der Waals surface area contributed by atoms with Crippen LogP contribution in [0.5, 0.6) is 11.5 Å². The fourth-order valence-electron chi connectivity index (χ4n) is 2.48. The van der Waals surface area contributed by atoms with Crippen molar-refractivity contribution < 1.29 is 14.3 Å². The second-order valence-electron chi connectivity index (χ2n) is 5.83. The van der Waals surface area contributed by atoms with Gasteiger partial charge in [0, 0.05) is 12.1 Å². The zero-order chi connectivity index (χ0) is 16.6. The molecule has 0 spiro atoms. The first-order chi connectivity index (χ1) is 11.0. The highest BCUT2D eigenvalue weighted by Gasteiger charge is 2.14. The number of hydrogen-bond donors (Lipinski definition) is 1. The maximum Gasteiger partial charge on any atom is 0.204 e. The number of benzene rings is 2. The first-order valence-electron chi connectivity index (χ1n) is 7.48. The average molecular weight is 310 g/mol. The summed E-state index contributed by atoms with van der Waals surface area (Å²) >= 11 is 0. The molecule has 0 aliphatic heterocycles. The SMILES string of the molecule is Cc1ccc(-c2coc3cc(OC(C)C)cc(O)c3c2=O)cc1.